The van der Waals surface area contributed by atoms with Crippen LogP contribution in [0.1, 0.15) is 63.0 Å². The highest BCUT2D eigenvalue weighted by Gasteiger charge is 2.54. The molecule has 0 unspecified atom stereocenters. The van der Waals surface area contributed by atoms with Crippen LogP contribution in [0.3, 0.4) is 0 Å². The molecule has 6 rings (SSSR count). The van der Waals surface area contributed by atoms with E-state index in [1.54, 1.807) is 18.4 Å². The van der Waals surface area contributed by atoms with Gasteiger partial charge in [0.05, 0.1) is 12.0 Å². The molecule has 0 saturated heterocycles. The minimum Gasteiger partial charge on any atom is -0.383 e. The molecule has 0 aromatic carbocycles. The highest BCUT2D eigenvalue weighted by atomic mass is 32.1. The van der Waals surface area contributed by atoms with Crippen LogP contribution in [0.4, 0.5) is 0 Å². The Bertz CT molecular complexity index is 708. The zero-order valence-electron chi connectivity index (χ0n) is 15.1. The number of aromatic nitrogens is 1. The number of carbonyl (C=O) groups excluding carboxylic acids is 1. The Balaban J connectivity index is 1.46. The first kappa shape index (κ1) is 16.2. The van der Waals surface area contributed by atoms with Gasteiger partial charge in [-0.1, -0.05) is 0 Å². The fourth-order valence-corrected chi connectivity index (χ4v) is 7.12. The monoisotopic (exact) mass is 360 g/mol. The number of carbonyl (C=O) groups is 1. The highest BCUT2D eigenvalue weighted by molar-refractivity contribution is 7.07. The fourth-order valence-electron chi connectivity index (χ4n) is 6.12. The zero-order chi connectivity index (χ0) is 17.0. The quantitative estimate of drug-likeness (QED) is 0.803. The maximum Gasteiger partial charge on any atom is 0.254 e. The number of thiazole rings is 1. The summed E-state index contributed by atoms with van der Waals surface area (Å²) in [4.78, 5) is 18.9. The first-order chi connectivity index (χ1) is 12.2. The number of ether oxygens (including phenoxy) is 1. The predicted molar refractivity (Wildman–Crippen MR) is 97.3 cm³/mol. The Hall–Kier alpha value is -0.940. The third-order valence-electron chi connectivity index (χ3n) is 7.03. The van der Waals surface area contributed by atoms with Crippen molar-refractivity contribution in [2.45, 2.75) is 63.8 Å². The molecule has 5 aliphatic rings. The van der Waals surface area contributed by atoms with E-state index in [0.717, 1.165) is 48.4 Å². The van der Waals surface area contributed by atoms with E-state index >= 15 is 0 Å². The van der Waals surface area contributed by atoms with Crippen molar-refractivity contribution >= 4 is 17.2 Å². The maximum absolute atomic E-state index is 13.3. The van der Waals surface area contributed by atoms with Gasteiger partial charge in [0.1, 0.15) is 0 Å². The molecule has 136 valence electrons. The lowest BCUT2D eigenvalue weighted by Crippen LogP contribution is -2.50. The van der Waals surface area contributed by atoms with Gasteiger partial charge in [0.2, 0.25) is 0 Å². The van der Waals surface area contributed by atoms with Gasteiger partial charge in [-0.2, -0.15) is 4.99 Å². The lowest BCUT2D eigenvalue weighted by atomic mass is 9.49. The van der Waals surface area contributed by atoms with Crippen LogP contribution >= 0.6 is 11.3 Å². The Morgan fingerprint density at radius 1 is 1.24 bits per heavy atom. The molecule has 25 heavy (non-hydrogen) atoms. The standard InChI is InChI=1S/C20H28N2O2S/c1-24-5-4-22-17(16-2-3-16)12-25-19(22)21-18(23)20-9-13-6-14(10-20)8-15(7-13)11-20/h12-16H,2-11H2,1H3/b21-19-. The number of amides is 1. The number of methoxy groups -OCH3 is 1. The van der Waals surface area contributed by atoms with Gasteiger partial charge in [-0.25, -0.2) is 0 Å². The molecular weight excluding hydrogens is 332 g/mol. The predicted octanol–water partition coefficient (Wildman–Crippen LogP) is 3.72. The van der Waals surface area contributed by atoms with Crippen molar-refractivity contribution in [3.05, 3.63) is 15.9 Å². The van der Waals surface area contributed by atoms with Crippen molar-refractivity contribution in [1.82, 2.24) is 4.57 Å². The molecular formula is C20H28N2O2S. The smallest absolute Gasteiger partial charge is 0.254 e. The van der Waals surface area contributed by atoms with E-state index in [-0.39, 0.29) is 11.3 Å². The van der Waals surface area contributed by atoms with Crippen molar-refractivity contribution in [3.63, 3.8) is 0 Å². The van der Waals surface area contributed by atoms with Gasteiger partial charge in [0.15, 0.2) is 4.80 Å². The lowest BCUT2D eigenvalue weighted by molar-refractivity contribution is -0.142. The summed E-state index contributed by atoms with van der Waals surface area (Å²) in [6.45, 7) is 1.48. The van der Waals surface area contributed by atoms with Crippen molar-refractivity contribution in [2.75, 3.05) is 13.7 Å². The second-order valence-electron chi connectivity index (χ2n) is 8.98. The molecule has 5 fully saturated rings. The summed E-state index contributed by atoms with van der Waals surface area (Å²) in [7, 11) is 1.74. The minimum atomic E-state index is -0.127. The average molecular weight is 361 g/mol. The number of hydrogen-bond donors (Lipinski definition) is 0. The molecule has 5 saturated carbocycles. The molecule has 0 atom stereocenters. The molecule has 1 amide bonds. The van der Waals surface area contributed by atoms with Gasteiger partial charge in [0, 0.05) is 30.6 Å². The summed E-state index contributed by atoms with van der Waals surface area (Å²) >= 11 is 1.65. The van der Waals surface area contributed by atoms with Gasteiger partial charge < -0.3 is 9.30 Å². The van der Waals surface area contributed by atoms with Gasteiger partial charge in [-0.3, -0.25) is 4.79 Å². The summed E-state index contributed by atoms with van der Waals surface area (Å²) in [6.07, 6.45) is 9.93. The van der Waals surface area contributed by atoms with E-state index in [1.807, 2.05) is 0 Å². The Kier molecular flexibility index (Phi) is 3.93. The average Bonchev–Trinajstić information content (AvgIpc) is 3.34. The fraction of sp³-hybridized carbons (Fsp3) is 0.800. The summed E-state index contributed by atoms with van der Waals surface area (Å²) in [5, 5.41) is 2.22. The molecule has 0 spiro atoms. The molecule has 4 bridgehead atoms. The van der Waals surface area contributed by atoms with Crippen molar-refractivity contribution < 1.29 is 9.53 Å². The summed E-state index contributed by atoms with van der Waals surface area (Å²) in [6, 6.07) is 0. The van der Waals surface area contributed by atoms with E-state index in [9.17, 15) is 4.79 Å². The molecule has 1 aromatic rings. The van der Waals surface area contributed by atoms with Crippen molar-refractivity contribution in [2.24, 2.45) is 28.2 Å². The summed E-state index contributed by atoms with van der Waals surface area (Å²) in [5.41, 5.74) is 1.23. The van der Waals surface area contributed by atoms with Gasteiger partial charge in [0.25, 0.3) is 5.91 Å². The molecule has 1 heterocycles. The van der Waals surface area contributed by atoms with Crippen LogP contribution in [0, 0.1) is 23.2 Å². The molecule has 4 nitrogen and oxygen atoms in total. The normalized spacial score (nSPS) is 37.0. The minimum absolute atomic E-state index is 0.127. The second-order valence-corrected chi connectivity index (χ2v) is 9.81. The second kappa shape index (κ2) is 6.05. The summed E-state index contributed by atoms with van der Waals surface area (Å²) < 4.78 is 7.54. The first-order valence-corrected chi connectivity index (χ1v) is 10.8. The maximum atomic E-state index is 13.3. The van der Waals surface area contributed by atoms with Crippen LogP contribution in [-0.2, 0) is 16.1 Å². The number of nitrogens with zero attached hydrogens (tertiary/aromatic N) is 2. The van der Waals surface area contributed by atoms with Crippen LogP contribution in [0.2, 0.25) is 0 Å². The summed E-state index contributed by atoms with van der Waals surface area (Å²) in [5.74, 6) is 3.22. The van der Waals surface area contributed by atoms with Crippen molar-refractivity contribution in [1.29, 1.82) is 0 Å². The topological polar surface area (TPSA) is 43.6 Å². The van der Waals surface area contributed by atoms with E-state index < -0.39 is 0 Å². The number of rotatable bonds is 5. The van der Waals surface area contributed by atoms with Gasteiger partial charge >= 0.3 is 0 Å². The van der Waals surface area contributed by atoms with Crippen molar-refractivity contribution in [3.8, 4) is 0 Å². The lowest BCUT2D eigenvalue weighted by Gasteiger charge is -2.55. The van der Waals surface area contributed by atoms with E-state index in [0.29, 0.717) is 12.5 Å². The van der Waals surface area contributed by atoms with Crippen LogP contribution in [0.5, 0.6) is 0 Å². The van der Waals surface area contributed by atoms with E-state index in [1.165, 1.54) is 37.8 Å². The molecule has 0 N–H and O–H groups in total. The van der Waals surface area contributed by atoms with Gasteiger partial charge in [-0.05, 0) is 69.1 Å². The molecule has 5 heteroatoms. The number of hydrogen-bond acceptors (Lipinski definition) is 3. The SMILES string of the molecule is COCCn1c(C2CC2)cs/c1=N\C(=O)C12CC3CC(CC(C3)C1)C2. The van der Waals surface area contributed by atoms with Crippen LogP contribution in [0.15, 0.2) is 10.4 Å². The van der Waals surface area contributed by atoms with Gasteiger partial charge in [-0.15, -0.1) is 11.3 Å². The molecule has 0 radical (unpaired) electrons. The Labute approximate surface area is 153 Å². The van der Waals surface area contributed by atoms with Crippen LogP contribution < -0.4 is 4.80 Å². The largest absolute Gasteiger partial charge is 0.383 e. The molecule has 5 aliphatic carbocycles. The zero-order valence-corrected chi connectivity index (χ0v) is 15.9. The third-order valence-corrected chi connectivity index (χ3v) is 7.91. The first-order valence-electron chi connectivity index (χ1n) is 9.93. The van der Waals surface area contributed by atoms with Crippen LogP contribution in [0.25, 0.3) is 0 Å². The molecule has 0 aliphatic heterocycles. The van der Waals surface area contributed by atoms with Crippen LogP contribution in [-0.4, -0.2) is 24.2 Å². The Morgan fingerprint density at radius 3 is 2.44 bits per heavy atom. The highest BCUT2D eigenvalue weighted by Crippen LogP contribution is 2.60. The molecule has 1 aromatic heterocycles. The third kappa shape index (κ3) is 2.84. The van der Waals surface area contributed by atoms with E-state index in [4.69, 9.17) is 9.73 Å². The van der Waals surface area contributed by atoms with E-state index in [2.05, 4.69) is 9.95 Å². The Morgan fingerprint density at radius 2 is 1.88 bits per heavy atom.